The van der Waals surface area contributed by atoms with Crippen molar-refractivity contribution in [3.63, 3.8) is 0 Å². The maximum absolute atomic E-state index is 10.1. The number of aromatic nitrogens is 4. The Labute approximate surface area is 144 Å². The van der Waals surface area contributed by atoms with Gasteiger partial charge >= 0.3 is 29.6 Å². The van der Waals surface area contributed by atoms with Crippen molar-refractivity contribution in [1.82, 2.24) is 19.5 Å². The first-order valence-corrected chi connectivity index (χ1v) is 5.95. The van der Waals surface area contributed by atoms with E-state index in [-0.39, 0.29) is 35.1 Å². The quantitative estimate of drug-likeness (QED) is 0.470. The van der Waals surface area contributed by atoms with Gasteiger partial charge in [-0.25, -0.2) is 15.0 Å². The second-order valence-electron chi connectivity index (χ2n) is 4.14. The van der Waals surface area contributed by atoms with Crippen LogP contribution in [-0.4, -0.2) is 25.5 Å². The van der Waals surface area contributed by atoms with Gasteiger partial charge in [-0.2, -0.15) is 0 Å². The Morgan fingerprint density at radius 2 is 1.86 bits per heavy atom. The van der Waals surface area contributed by atoms with Crippen molar-refractivity contribution in [2.45, 2.75) is 6.92 Å². The molecule has 3 rings (SSSR count). The molecule has 6 nitrogen and oxygen atoms in total. The van der Waals surface area contributed by atoms with Crippen LogP contribution in [0.3, 0.4) is 0 Å². The fourth-order valence-corrected chi connectivity index (χ4v) is 1.53. The summed E-state index contributed by atoms with van der Waals surface area (Å²) in [5.74, 6) is 0.536. The molecule has 21 heavy (non-hydrogen) atoms. The van der Waals surface area contributed by atoms with E-state index in [0.717, 1.165) is 17.3 Å². The van der Waals surface area contributed by atoms with Gasteiger partial charge in [0, 0.05) is 13.2 Å². The first-order chi connectivity index (χ1) is 9.58. The fraction of sp³-hybridized carbons (Fsp3) is 0.143. The Bertz CT molecular complexity index is 652. The molecule has 1 aromatic rings. The molecular formula is C14H13N4NaO2. The second kappa shape index (κ2) is 7.87. The van der Waals surface area contributed by atoms with E-state index < -0.39 is 5.97 Å². The summed E-state index contributed by atoms with van der Waals surface area (Å²) in [6.45, 7) is 1.94. The number of aryl methyl sites for hydroxylation is 2. The van der Waals surface area contributed by atoms with Crippen molar-refractivity contribution < 1.29 is 39.5 Å². The number of fused-ring (bicyclic) bond motifs is 1. The van der Waals surface area contributed by atoms with Crippen molar-refractivity contribution in [3.05, 3.63) is 54.2 Å². The maximum Gasteiger partial charge on any atom is 1.00 e. The summed E-state index contributed by atoms with van der Waals surface area (Å²) in [4.78, 5) is 22.3. The largest absolute Gasteiger partial charge is 1.00 e. The number of carbonyl (C=O) groups excluding carboxylic acids is 1. The third kappa shape index (κ3) is 4.63. The number of nitrogens with zero attached hydrogens (tertiary/aromatic N) is 4. The molecule has 0 unspecified atom stereocenters. The molecule has 102 valence electrons. The molecule has 2 heterocycles. The number of benzene rings is 1. The minimum absolute atomic E-state index is 0. The van der Waals surface area contributed by atoms with E-state index in [2.05, 4.69) is 15.0 Å². The van der Waals surface area contributed by atoms with Crippen molar-refractivity contribution >= 4 is 5.97 Å². The zero-order valence-corrected chi connectivity index (χ0v) is 14.1. The molecule has 0 saturated heterocycles. The Morgan fingerprint density at radius 3 is 2.43 bits per heavy atom. The predicted octanol–water partition coefficient (Wildman–Crippen LogP) is -2.32. The van der Waals surface area contributed by atoms with Gasteiger partial charge in [-0.1, -0.05) is 30.3 Å². The minimum Gasteiger partial charge on any atom is -0.545 e. The molecule has 1 aromatic carbocycles. The zero-order chi connectivity index (χ0) is 14.5. The smallest absolute Gasteiger partial charge is 0.545 e. The Hall–Kier alpha value is -1.76. The van der Waals surface area contributed by atoms with Crippen LogP contribution in [0.2, 0.25) is 0 Å². The van der Waals surface area contributed by atoms with Crippen LogP contribution in [0.25, 0.3) is 11.5 Å². The minimum atomic E-state index is -1.13. The van der Waals surface area contributed by atoms with E-state index in [0.29, 0.717) is 0 Å². The van der Waals surface area contributed by atoms with Crippen LogP contribution in [0.15, 0.2) is 42.9 Å². The van der Waals surface area contributed by atoms with Gasteiger partial charge in [0.25, 0.3) is 0 Å². The third-order valence-electron chi connectivity index (χ3n) is 2.71. The molecule has 0 radical (unpaired) electrons. The van der Waals surface area contributed by atoms with Crippen LogP contribution in [0.5, 0.6) is 0 Å². The number of carboxylic acid groups (broad SMARTS) is 1. The standard InChI is InChI=1S/C7H8N4.C7H6O2.Na/c1-5-10-7-6(3-11(5)2)8-4-9-7;8-7(9)6-4-2-1-3-5-6;/h3-4H,1-2H3;1-5H,(H,8,9);/q;;+1/p-1. The molecule has 0 N–H and O–H groups in total. The second-order valence-corrected chi connectivity index (χ2v) is 4.14. The van der Waals surface area contributed by atoms with Crippen LogP contribution >= 0.6 is 0 Å². The number of carbonyl (C=O) groups is 1. The summed E-state index contributed by atoms with van der Waals surface area (Å²) < 4.78 is 1.93. The molecule has 0 spiro atoms. The normalized spacial score (nSPS) is 9.43. The van der Waals surface area contributed by atoms with Gasteiger partial charge in [-0.05, 0) is 12.5 Å². The number of aromatic carboxylic acids is 1. The van der Waals surface area contributed by atoms with Gasteiger partial charge in [-0.3, -0.25) is 0 Å². The summed E-state index contributed by atoms with van der Waals surface area (Å²) >= 11 is 0. The van der Waals surface area contributed by atoms with E-state index in [4.69, 9.17) is 0 Å². The van der Waals surface area contributed by atoms with Gasteiger partial charge in [-0.15, -0.1) is 0 Å². The molecule has 0 bridgehead atoms. The molecule has 0 saturated carbocycles. The van der Waals surface area contributed by atoms with E-state index in [1.807, 2.05) is 24.7 Å². The average molecular weight is 292 g/mol. The van der Waals surface area contributed by atoms with Crippen LogP contribution in [-0.2, 0) is 7.05 Å². The van der Waals surface area contributed by atoms with Crippen molar-refractivity contribution in [2.75, 3.05) is 0 Å². The predicted molar refractivity (Wildman–Crippen MR) is 70.9 cm³/mol. The molecular weight excluding hydrogens is 279 g/mol. The van der Waals surface area contributed by atoms with E-state index in [1.54, 1.807) is 18.2 Å². The van der Waals surface area contributed by atoms with Gasteiger partial charge in [0.2, 0.25) is 0 Å². The summed E-state index contributed by atoms with van der Waals surface area (Å²) in [5.41, 5.74) is 1.07. The fourth-order valence-electron chi connectivity index (χ4n) is 1.53. The van der Waals surface area contributed by atoms with Gasteiger partial charge in [0.1, 0.15) is 17.8 Å². The molecule has 2 aliphatic heterocycles. The van der Waals surface area contributed by atoms with Crippen molar-refractivity contribution in [1.29, 1.82) is 0 Å². The van der Waals surface area contributed by atoms with Crippen molar-refractivity contribution in [3.8, 4) is 11.5 Å². The summed E-state index contributed by atoms with van der Waals surface area (Å²) in [6, 6.07) is 8.06. The SMILES string of the molecule is Cc1nc2ncnc-2cn1C.O=C([O-])c1ccccc1.[Na+]. The van der Waals surface area contributed by atoms with Crippen LogP contribution in [0.4, 0.5) is 0 Å². The topological polar surface area (TPSA) is 83.7 Å². The zero-order valence-electron chi connectivity index (χ0n) is 12.1. The number of hydrogen-bond acceptors (Lipinski definition) is 5. The van der Waals surface area contributed by atoms with Crippen LogP contribution in [0, 0.1) is 6.92 Å². The number of rotatable bonds is 1. The Balaban J connectivity index is 0.000000205. The van der Waals surface area contributed by atoms with E-state index >= 15 is 0 Å². The summed E-state index contributed by atoms with van der Waals surface area (Å²) in [6.07, 6.45) is 3.45. The van der Waals surface area contributed by atoms with Crippen molar-refractivity contribution in [2.24, 2.45) is 7.05 Å². The first-order valence-electron chi connectivity index (χ1n) is 5.95. The van der Waals surface area contributed by atoms with Crippen LogP contribution < -0.4 is 34.7 Å². The number of imidazole rings is 1. The summed E-state index contributed by atoms with van der Waals surface area (Å²) in [7, 11) is 1.94. The Kier molecular flexibility index (Phi) is 6.48. The van der Waals surface area contributed by atoms with E-state index in [9.17, 15) is 9.90 Å². The maximum atomic E-state index is 10.1. The average Bonchev–Trinajstić information content (AvgIpc) is 2.88. The van der Waals surface area contributed by atoms with Gasteiger partial charge in [0.05, 0.1) is 5.97 Å². The molecule has 0 fully saturated rings. The number of carboxylic acids is 1. The monoisotopic (exact) mass is 292 g/mol. The van der Waals surface area contributed by atoms with Crippen LogP contribution in [0.1, 0.15) is 16.2 Å². The molecule has 2 aliphatic rings. The molecule has 0 amide bonds. The summed E-state index contributed by atoms with van der Waals surface area (Å²) in [5, 5.41) is 10.1. The molecule has 7 heteroatoms. The van der Waals surface area contributed by atoms with Gasteiger partial charge < -0.3 is 14.5 Å². The van der Waals surface area contributed by atoms with E-state index in [1.165, 1.54) is 18.5 Å². The molecule has 0 aromatic heterocycles. The third-order valence-corrected chi connectivity index (χ3v) is 2.71. The molecule has 0 aliphatic carbocycles. The first kappa shape index (κ1) is 17.3. The number of hydrogen-bond donors (Lipinski definition) is 0. The Morgan fingerprint density at radius 1 is 1.19 bits per heavy atom. The molecule has 0 atom stereocenters. The van der Waals surface area contributed by atoms with Gasteiger partial charge in [0.15, 0.2) is 5.82 Å².